The maximum Gasteiger partial charge on any atom is 0.255 e. The van der Waals surface area contributed by atoms with Crippen LogP contribution in [-0.2, 0) is 16.1 Å². The molecule has 160 valence electrons. The lowest BCUT2D eigenvalue weighted by Gasteiger charge is -2.44. The molecule has 1 aromatic carbocycles. The van der Waals surface area contributed by atoms with E-state index in [1.807, 2.05) is 18.2 Å². The fraction of sp³-hybridized carbons (Fsp3) is 0.609. The monoisotopic (exact) mass is 411 g/mol. The van der Waals surface area contributed by atoms with Crippen LogP contribution in [-0.4, -0.2) is 58.8 Å². The highest BCUT2D eigenvalue weighted by Crippen LogP contribution is 2.33. The molecule has 30 heavy (non-hydrogen) atoms. The molecule has 2 saturated heterocycles. The van der Waals surface area contributed by atoms with Gasteiger partial charge in [-0.3, -0.25) is 24.6 Å². The highest BCUT2D eigenvalue weighted by molar-refractivity contribution is 6.05. The summed E-state index contributed by atoms with van der Waals surface area (Å²) in [5, 5.41) is 2.34. The van der Waals surface area contributed by atoms with Gasteiger partial charge in [-0.15, -0.1) is 0 Å². The Balaban J connectivity index is 1.27. The number of fused-ring (bicyclic) bond motifs is 1. The topological polar surface area (TPSA) is 79.0 Å². The van der Waals surface area contributed by atoms with E-state index in [0.717, 1.165) is 36.9 Å². The van der Waals surface area contributed by atoms with Crippen molar-refractivity contribution in [3.63, 3.8) is 0 Å². The molecule has 3 fully saturated rings. The number of carbonyl (C=O) groups is 3. The summed E-state index contributed by atoms with van der Waals surface area (Å²) in [6.45, 7) is 4.80. The van der Waals surface area contributed by atoms with Crippen molar-refractivity contribution in [3.05, 3.63) is 29.3 Å². The second kappa shape index (κ2) is 7.69. The van der Waals surface area contributed by atoms with Crippen LogP contribution < -0.4 is 10.1 Å². The van der Waals surface area contributed by atoms with Gasteiger partial charge in [0.15, 0.2) is 0 Å². The second-order valence-electron chi connectivity index (χ2n) is 9.34. The minimum Gasteiger partial charge on any atom is -0.489 e. The predicted octanol–water partition coefficient (Wildman–Crippen LogP) is 2.09. The first-order valence-corrected chi connectivity index (χ1v) is 11.2. The van der Waals surface area contributed by atoms with Crippen molar-refractivity contribution in [2.45, 2.75) is 70.2 Å². The predicted molar refractivity (Wildman–Crippen MR) is 110 cm³/mol. The van der Waals surface area contributed by atoms with E-state index in [1.165, 1.54) is 19.3 Å². The van der Waals surface area contributed by atoms with Crippen molar-refractivity contribution in [1.29, 1.82) is 0 Å². The molecular weight excluding hydrogens is 382 g/mol. The van der Waals surface area contributed by atoms with Gasteiger partial charge in [0, 0.05) is 37.7 Å². The third kappa shape index (κ3) is 3.60. The normalized spacial score (nSPS) is 30.1. The van der Waals surface area contributed by atoms with Gasteiger partial charge in [0.05, 0.1) is 0 Å². The van der Waals surface area contributed by atoms with E-state index in [-0.39, 0.29) is 30.2 Å². The molecule has 1 aliphatic carbocycles. The zero-order chi connectivity index (χ0) is 20.8. The third-order valence-electron chi connectivity index (χ3n) is 7.04. The van der Waals surface area contributed by atoms with Crippen LogP contribution in [0.15, 0.2) is 18.2 Å². The zero-order valence-electron chi connectivity index (χ0n) is 17.4. The summed E-state index contributed by atoms with van der Waals surface area (Å²) in [7, 11) is 0. The fourth-order valence-corrected chi connectivity index (χ4v) is 5.29. The summed E-state index contributed by atoms with van der Waals surface area (Å²) in [5.41, 5.74) is 1.52. The van der Waals surface area contributed by atoms with E-state index in [2.05, 4.69) is 17.1 Å². The van der Waals surface area contributed by atoms with Gasteiger partial charge in [-0.2, -0.15) is 0 Å². The lowest BCUT2D eigenvalue weighted by molar-refractivity contribution is -0.136. The average molecular weight is 412 g/mol. The first kappa shape index (κ1) is 19.5. The van der Waals surface area contributed by atoms with Crippen molar-refractivity contribution in [2.24, 2.45) is 5.92 Å². The Bertz CT molecular complexity index is 881. The molecule has 0 radical (unpaired) electrons. The van der Waals surface area contributed by atoms with E-state index < -0.39 is 6.04 Å². The van der Waals surface area contributed by atoms with Gasteiger partial charge < -0.3 is 9.64 Å². The number of likely N-dealkylation sites (tertiary alicyclic amines) is 1. The zero-order valence-corrected chi connectivity index (χ0v) is 17.4. The quantitative estimate of drug-likeness (QED) is 0.768. The van der Waals surface area contributed by atoms with Crippen molar-refractivity contribution in [2.75, 3.05) is 13.1 Å². The largest absolute Gasteiger partial charge is 0.489 e. The Kier molecular flexibility index (Phi) is 5.01. The molecule has 1 aromatic rings. The van der Waals surface area contributed by atoms with E-state index in [9.17, 15) is 14.4 Å². The standard InChI is InChI=1S/C23H29N3O4/c1-14-9-18(13-25(11-14)16-3-2-4-16)30-17-5-6-19-15(10-17)12-26(23(19)29)20-7-8-21(27)24-22(20)28/h5-6,10,14,16,18,20H,2-4,7-9,11-13H2,1H3,(H,24,27,28)/t14-,18-,20?/m1/s1. The van der Waals surface area contributed by atoms with Crippen LogP contribution in [0.5, 0.6) is 5.75 Å². The van der Waals surface area contributed by atoms with E-state index in [4.69, 9.17) is 4.74 Å². The fourth-order valence-electron chi connectivity index (χ4n) is 5.29. The Morgan fingerprint density at radius 2 is 1.93 bits per heavy atom. The maximum absolute atomic E-state index is 12.8. The minimum absolute atomic E-state index is 0.145. The summed E-state index contributed by atoms with van der Waals surface area (Å²) in [5.74, 6) is 0.612. The number of piperidine rings is 2. The molecule has 3 aliphatic heterocycles. The minimum atomic E-state index is -0.581. The molecule has 0 aromatic heterocycles. The van der Waals surface area contributed by atoms with Gasteiger partial charge in [-0.1, -0.05) is 13.3 Å². The van der Waals surface area contributed by atoms with E-state index >= 15 is 0 Å². The van der Waals surface area contributed by atoms with Crippen molar-refractivity contribution < 1.29 is 19.1 Å². The molecule has 5 rings (SSSR count). The van der Waals surface area contributed by atoms with Gasteiger partial charge in [0.25, 0.3) is 5.91 Å². The van der Waals surface area contributed by atoms with Crippen molar-refractivity contribution in [1.82, 2.24) is 15.1 Å². The molecule has 4 aliphatic rings. The number of rotatable bonds is 4. The van der Waals surface area contributed by atoms with Crippen LogP contribution in [0, 0.1) is 5.92 Å². The van der Waals surface area contributed by atoms with Gasteiger partial charge in [-0.05, 0) is 55.4 Å². The molecule has 3 amide bonds. The van der Waals surface area contributed by atoms with Gasteiger partial charge in [0.2, 0.25) is 11.8 Å². The molecule has 0 spiro atoms. The Morgan fingerprint density at radius 3 is 2.67 bits per heavy atom. The number of imide groups is 1. The first-order valence-electron chi connectivity index (χ1n) is 11.2. The van der Waals surface area contributed by atoms with Gasteiger partial charge in [0.1, 0.15) is 17.9 Å². The summed E-state index contributed by atoms with van der Waals surface area (Å²) >= 11 is 0. The number of nitrogens with zero attached hydrogens (tertiary/aromatic N) is 2. The maximum atomic E-state index is 12.8. The number of amides is 3. The lowest BCUT2D eigenvalue weighted by Crippen LogP contribution is -2.52. The summed E-state index contributed by atoms with van der Waals surface area (Å²) in [6.07, 6.45) is 5.79. The number of nitrogens with one attached hydrogen (secondary N) is 1. The summed E-state index contributed by atoms with van der Waals surface area (Å²) in [6, 6.07) is 5.78. The molecular formula is C23H29N3O4. The first-order chi connectivity index (χ1) is 14.5. The number of ether oxygens (including phenoxy) is 1. The summed E-state index contributed by atoms with van der Waals surface area (Å²) < 4.78 is 6.36. The molecule has 3 heterocycles. The van der Waals surface area contributed by atoms with Crippen LogP contribution in [0.4, 0.5) is 0 Å². The molecule has 7 heteroatoms. The van der Waals surface area contributed by atoms with Crippen LogP contribution in [0.3, 0.4) is 0 Å². The van der Waals surface area contributed by atoms with Crippen LogP contribution in [0.25, 0.3) is 0 Å². The summed E-state index contributed by atoms with van der Waals surface area (Å²) in [4.78, 5) is 40.6. The number of hydrogen-bond donors (Lipinski definition) is 1. The van der Waals surface area contributed by atoms with Crippen molar-refractivity contribution >= 4 is 17.7 Å². The molecule has 1 unspecified atom stereocenters. The molecule has 7 nitrogen and oxygen atoms in total. The number of carbonyl (C=O) groups excluding carboxylic acids is 3. The average Bonchev–Trinajstić information content (AvgIpc) is 2.96. The number of hydrogen-bond acceptors (Lipinski definition) is 5. The molecule has 1 N–H and O–H groups in total. The lowest BCUT2D eigenvalue weighted by atomic mass is 9.87. The third-order valence-corrected chi connectivity index (χ3v) is 7.04. The molecule has 1 saturated carbocycles. The van der Waals surface area contributed by atoms with Gasteiger partial charge >= 0.3 is 0 Å². The van der Waals surface area contributed by atoms with E-state index in [1.54, 1.807) is 4.90 Å². The van der Waals surface area contributed by atoms with Crippen LogP contribution in [0.2, 0.25) is 0 Å². The highest BCUT2D eigenvalue weighted by Gasteiger charge is 2.39. The molecule has 0 bridgehead atoms. The smallest absolute Gasteiger partial charge is 0.255 e. The Hall–Kier alpha value is -2.41. The van der Waals surface area contributed by atoms with Crippen molar-refractivity contribution in [3.8, 4) is 5.75 Å². The Labute approximate surface area is 176 Å². The second-order valence-corrected chi connectivity index (χ2v) is 9.34. The van der Waals surface area contributed by atoms with Crippen LogP contribution in [0.1, 0.15) is 61.4 Å². The van der Waals surface area contributed by atoms with Gasteiger partial charge in [-0.25, -0.2) is 0 Å². The van der Waals surface area contributed by atoms with Crippen LogP contribution >= 0.6 is 0 Å². The molecule has 3 atom stereocenters. The van der Waals surface area contributed by atoms with E-state index in [0.29, 0.717) is 24.4 Å². The Morgan fingerprint density at radius 1 is 1.10 bits per heavy atom. The SMILES string of the molecule is C[C@@H]1C[C@@H](Oc2ccc3c(c2)CN(C2CCC(=O)NC2=O)C3=O)CN(C2CCC2)C1. The number of benzene rings is 1. The highest BCUT2D eigenvalue weighted by atomic mass is 16.5.